The monoisotopic (exact) mass is 347 g/mol. The molecule has 0 bridgehead atoms. The average molecular weight is 348 g/mol. The summed E-state index contributed by atoms with van der Waals surface area (Å²) in [5, 5.41) is 0. The van der Waals surface area contributed by atoms with Crippen molar-refractivity contribution in [2.45, 2.75) is 17.9 Å². The topological polar surface area (TPSA) is 72.5 Å². The summed E-state index contributed by atoms with van der Waals surface area (Å²) in [6.07, 6.45) is 0.599. The Labute approximate surface area is 120 Å². The molecule has 0 fully saturated rings. The molecule has 0 aliphatic rings. The van der Waals surface area contributed by atoms with E-state index in [0.29, 0.717) is 4.47 Å². The van der Waals surface area contributed by atoms with Crippen LogP contribution in [0, 0.1) is 0 Å². The van der Waals surface area contributed by atoms with E-state index in [2.05, 4.69) is 22.5 Å². The van der Waals surface area contributed by atoms with Gasteiger partial charge in [0.15, 0.2) is 0 Å². The van der Waals surface area contributed by atoms with Crippen LogP contribution in [0.25, 0.3) is 0 Å². The first-order valence-corrected chi connectivity index (χ1v) is 7.70. The Balaban J connectivity index is 2.83. The molecular weight excluding hydrogens is 334 g/mol. The molecule has 1 rings (SSSR count). The smallest absolute Gasteiger partial charge is 0.265 e. The van der Waals surface area contributed by atoms with Crippen LogP contribution in [0.2, 0.25) is 0 Å². The maximum Gasteiger partial charge on any atom is 0.265 e. The number of hydrogen-bond acceptors (Lipinski definition) is 4. The van der Waals surface area contributed by atoms with Crippen molar-refractivity contribution < 1.29 is 17.9 Å². The van der Waals surface area contributed by atoms with E-state index in [4.69, 9.17) is 4.74 Å². The van der Waals surface area contributed by atoms with Crippen molar-refractivity contribution in [3.05, 3.63) is 41.4 Å². The zero-order chi connectivity index (χ0) is 14.5. The number of ether oxygens (including phenoxy) is 1. The van der Waals surface area contributed by atoms with E-state index in [1.807, 2.05) is 4.72 Å². The predicted octanol–water partition coefficient (Wildman–Crippen LogP) is 1.85. The van der Waals surface area contributed by atoms with Gasteiger partial charge in [0.25, 0.3) is 15.9 Å². The number of carbonyl (C=O) groups is 1. The highest BCUT2D eigenvalue weighted by atomic mass is 79.9. The molecule has 5 nitrogen and oxygen atoms in total. The number of benzene rings is 1. The van der Waals surface area contributed by atoms with Crippen LogP contribution >= 0.6 is 15.9 Å². The molecule has 0 aliphatic heterocycles. The second-order valence-electron chi connectivity index (χ2n) is 3.66. The summed E-state index contributed by atoms with van der Waals surface area (Å²) in [5.74, 6) is -0.724. The van der Waals surface area contributed by atoms with E-state index in [-0.39, 0.29) is 11.5 Å². The van der Waals surface area contributed by atoms with Crippen molar-refractivity contribution in [3.8, 4) is 0 Å². The number of carbonyl (C=O) groups excluding carboxylic acids is 1. The lowest BCUT2D eigenvalue weighted by molar-refractivity contribution is -0.129. The van der Waals surface area contributed by atoms with Crippen molar-refractivity contribution in [3.63, 3.8) is 0 Å². The van der Waals surface area contributed by atoms with Crippen LogP contribution in [-0.4, -0.2) is 27.0 Å². The molecule has 1 atom stereocenters. The Bertz CT molecular complexity index is 571. The van der Waals surface area contributed by atoms with Gasteiger partial charge in [-0.25, -0.2) is 13.1 Å². The number of halogens is 1. The van der Waals surface area contributed by atoms with E-state index < -0.39 is 22.0 Å². The van der Waals surface area contributed by atoms with E-state index >= 15 is 0 Å². The third kappa shape index (κ3) is 4.45. The minimum atomic E-state index is -3.91. The van der Waals surface area contributed by atoms with E-state index in [1.54, 1.807) is 18.2 Å². The van der Waals surface area contributed by atoms with Crippen LogP contribution in [-0.2, 0) is 19.6 Å². The highest BCUT2D eigenvalue weighted by Crippen LogP contribution is 2.20. The highest BCUT2D eigenvalue weighted by Gasteiger charge is 2.23. The minimum absolute atomic E-state index is 0.000675. The fraction of sp³-hybridized carbons (Fsp3) is 0.250. The molecule has 1 aromatic rings. The summed E-state index contributed by atoms with van der Waals surface area (Å²) in [6.45, 7) is 5.08. The summed E-state index contributed by atoms with van der Waals surface area (Å²) in [4.78, 5) is 11.7. The van der Waals surface area contributed by atoms with Crippen LogP contribution in [0.4, 0.5) is 0 Å². The van der Waals surface area contributed by atoms with Gasteiger partial charge in [0.2, 0.25) is 0 Å². The van der Waals surface area contributed by atoms with Gasteiger partial charge in [-0.15, -0.1) is 6.58 Å². The van der Waals surface area contributed by atoms with E-state index in [9.17, 15) is 13.2 Å². The summed E-state index contributed by atoms with van der Waals surface area (Å²) in [6, 6.07) is 6.23. The lowest BCUT2D eigenvalue weighted by Crippen LogP contribution is -2.38. The lowest BCUT2D eigenvalue weighted by atomic mass is 10.4. The number of amides is 1. The molecule has 0 aromatic heterocycles. The first-order valence-electron chi connectivity index (χ1n) is 5.42. The van der Waals surface area contributed by atoms with E-state index in [0.717, 1.165) is 0 Å². The standard InChI is InChI=1S/C12H14BrNO4S/c1-3-8-18-9(2)12(15)14-19(16,17)11-7-5-4-6-10(11)13/h3-7,9H,1,8H2,2H3,(H,14,15)/t9-/m0/s1. The average Bonchev–Trinajstić information content (AvgIpc) is 2.35. The maximum atomic E-state index is 12.0. The summed E-state index contributed by atoms with van der Waals surface area (Å²) >= 11 is 3.13. The zero-order valence-corrected chi connectivity index (χ0v) is 12.7. The third-order valence-corrected chi connectivity index (χ3v) is 4.55. The van der Waals surface area contributed by atoms with Crippen molar-refractivity contribution in [2.75, 3.05) is 6.61 Å². The quantitative estimate of drug-likeness (QED) is 0.797. The molecule has 1 aromatic carbocycles. The molecule has 1 N–H and O–H groups in total. The fourth-order valence-corrected chi connectivity index (χ4v) is 3.27. The number of hydrogen-bond donors (Lipinski definition) is 1. The van der Waals surface area contributed by atoms with Gasteiger partial charge in [0, 0.05) is 4.47 Å². The molecule has 1 amide bonds. The molecule has 0 saturated heterocycles. The molecule has 19 heavy (non-hydrogen) atoms. The highest BCUT2D eigenvalue weighted by molar-refractivity contribution is 9.10. The first-order chi connectivity index (χ1) is 8.88. The Hall–Kier alpha value is -1.18. The van der Waals surface area contributed by atoms with Crippen molar-refractivity contribution in [2.24, 2.45) is 0 Å². The normalized spacial score (nSPS) is 12.7. The SMILES string of the molecule is C=CCO[C@@H](C)C(=O)NS(=O)(=O)c1ccccc1Br. The molecular formula is C12H14BrNO4S. The first kappa shape index (κ1) is 15.9. The lowest BCUT2D eigenvalue weighted by Gasteiger charge is -2.13. The van der Waals surface area contributed by atoms with Crippen molar-refractivity contribution in [1.82, 2.24) is 4.72 Å². The second kappa shape index (κ2) is 6.83. The summed E-state index contributed by atoms with van der Waals surface area (Å²) in [5.41, 5.74) is 0. The summed E-state index contributed by atoms with van der Waals surface area (Å²) in [7, 11) is -3.91. The van der Waals surface area contributed by atoms with Gasteiger partial charge in [-0.1, -0.05) is 18.2 Å². The predicted molar refractivity (Wildman–Crippen MR) is 75.1 cm³/mol. The molecule has 104 valence electrons. The second-order valence-corrected chi connectivity index (χ2v) is 6.17. The largest absolute Gasteiger partial charge is 0.365 e. The number of sulfonamides is 1. The van der Waals surface area contributed by atoms with Gasteiger partial charge >= 0.3 is 0 Å². The van der Waals surface area contributed by atoms with Gasteiger partial charge in [-0.3, -0.25) is 4.79 Å². The minimum Gasteiger partial charge on any atom is -0.365 e. The number of nitrogens with one attached hydrogen (secondary N) is 1. The fourth-order valence-electron chi connectivity index (χ4n) is 1.22. The van der Waals surface area contributed by atoms with Gasteiger partial charge < -0.3 is 4.74 Å². The Morgan fingerprint density at radius 2 is 2.16 bits per heavy atom. The Morgan fingerprint density at radius 1 is 1.53 bits per heavy atom. The molecule has 0 aliphatic carbocycles. The molecule has 7 heteroatoms. The van der Waals surface area contributed by atoms with Gasteiger partial charge in [0.1, 0.15) is 11.0 Å². The van der Waals surface area contributed by atoms with Crippen LogP contribution in [0.1, 0.15) is 6.92 Å². The molecule has 0 saturated carbocycles. The van der Waals surface area contributed by atoms with Crippen molar-refractivity contribution >= 4 is 31.9 Å². The maximum absolute atomic E-state index is 12.0. The third-order valence-electron chi connectivity index (χ3n) is 2.19. The summed E-state index contributed by atoms with van der Waals surface area (Å²) < 4.78 is 31.4. The van der Waals surface area contributed by atoms with E-state index in [1.165, 1.54) is 19.1 Å². The van der Waals surface area contributed by atoms with Gasteiger partial charge in [-0.2, -0.15) is 0 Å². The Morgan fingerprint density at radius 3 is 2.74 bits per heavy atom. The Kier molecular flexibility index (Phi) is 5.71. The van der Waals surface area contributed by atoms with Crippen LogP contribution in [0.3, 0.4) is 0 Å². The molecule has 0 unspecified atom stereocenters. The molecule has 0 spiro atoms. The molecule has 0 radical (unpaired) electrons. The van der Waals surface area contributed by atoms with Crippen molar-refractivity contribution in [1.29, 1.82) is 0 Å². The van der Waals surface area contributed by atoms with Crippen LogP contribution < -0.4 is 4.72 Å². The van der Waals surface area contributed by atoms with Gasteiger partial charge in [-0.05, 0) is 35.0 Å². The van der Waals surface area contributed by atoms with Gasteiger partial charge in [0.05, 0.1) is 6.61 Å². The molecule has 0 heterocycles. The van der Waals surface area contributed by atoms with Crippen LogP contribution in [0.15, 0.2) is 46.3 Å². The number of rotatable bonds is 6. The van der Waals surface area contributed by atoms with Crippen LogP contribution in [0.5, 0.6) is 0 Å². The zero-order valence-electron chi connectivity index (χ0n) is 10.3.